The van der Waals surface area contributed by atoms with Crippen molar-refractivity contribution >= 4 is 117 Å². The predicted molar refractivity (Wildman–Crippen MR) is 481 cm³/mol. The minimum absolute atomic E-state index is 0.0171. The summed E-state index contributed by atoms with van der Waals surface area (Å²) in [6, 6.07) is -5.95. The van der Waals surface area contributed by atoms with Crippen LogP contribution >= 0.6 is 0 Å². The highest BCUT2D eigenvalue weighted by atomic mass is 16.2. The zero-order valence-electron chi connectivity index (χ0n) is 73.8. The van der Waals surface area contributed by atoms with Crippen LogP contribution in [-0.4, -0.2) is 243 Å². The molecular formula is C87H140N26O13. The number of anilines is 1. The fourth-order valence-corrected chi connectivity index (χ4v) is 19.1. The average molecular weight is 1760 g/mol. The SMILES string of the molecule is C[C@H]1NC(=O)CNC(=O)[C@@H](CCCN=C(N)N)NC(=O)[C@H](CC2CCCCC2)NC(=O)[C@@H](CCCN=C(N)N)NC(=O)[C@H](CC2CCCCC2)NC(=O)[C@@H](CCCN=C(N)N)NC(=O)[C@H](CC2CCCCC2)NC(=O)[C@@H](CCCN=C(N)N)NC(=O)[C@H](CC2CCCCC2)NC(=O)[C@@H]2CCCN2[C@H]1C(=O)NCCN1C(=O)c2cccc3c(N(C)C)ccc(c23)C1=O. The Morgan fingerprint density at radius 2 is 0.754 bits per heavy atom. The van der Waals surface area contributed by atoms with Gasteiger partial charge in [-0.05, 0) is 145 Å². The van der Waals surface area contributed by atoms with Gasteiger partial charge < -0.3 is 109 Å². The summed E-state index contributed by atoms with van der Waals surface area (Å²) in [6.45, 7) is 0.430. The lowest BCUT2D eigenvalue weighted by Gasteiger charge is -2.36. The summed E-state index contributed by atoms with van der Waals surface area (Å²) in [5.41, 5.74) is 47.5. The van der Waals surface area contributed by atoms with Crippen molar-refractivity contribution < 1.29 is 62.3 Å². The van der Waals surface area contributed by atoms with E-state index in [-0.39, 0.29) is 188 Å². The fourth-order valence-electron chi connectivity index (χ4n) is 19.1. The van der Waals surface area contributed by atoms with Crippen LogP contribution in [0.3, 0.4) is 0 Å². The summed E-state index contributed by atoms with van der Waals surface area (Å²) in [6.07, 6.45) is 17.6. The number of guanidine groups is 4. The standard InChI is InChI=1S/C87H140N26O13/c1-51-71(81(124)96-43-45-113-82(125)57-31-16-30-56-67(111(2)3)38-37-58(70(56)57)83(113)126)112-44-21-36-68(112)80(123)110-66(49-55-28-14-7-15-29-55)79(122)106-62(35-20-42-100-87(94)95)75(118)109-65(48-54-26-12-6-13-27-54)78(121)105-61(34-19-41-99-86(92)93)74(117)108-64(47-53-24-10-5-11-25-53)77(120)104-60(33-18-40-98-85(90)91)73(116)107-63(46-52-22-8-4-9-23-52)76(119)103-59(32-17-39-97-84(88)89)72(115)101-50-69(114)102-51/h16,30-31,37-38,51-55,59-66,68,71H,4-15,17-29,32-36,39-50H2,1-3H3,(H,96,124)(H,101,115)(H,102,114)(H,103,119)(H,104,120)(H,105,121)(H,106,122)(H,107,116)(H,108,117)(H,109,118)(H,110,123)(H4,88,89,97)(H4,90,91,98)(H4,92,93,99)(H4,94,95,100)/t51-,59-,60-,61-,62-,63+,64+,65+,66+,68+,71-/m1/s1. The van der Waals surface area contributed by atoms with E-state index < -0.39 is 150 Å². The molecule has 3 heterocycles. The maximum absolute atomic E-state index is 15.6. The number of benzene rings is 2. The average Bonchev–Trinajstić information content (AvgIpc) is 1.26. The Morgan fingerprint density at radius 1 is 0.413 bits per heavy atom. The van der Waals surface area contributed by atoms with E-state index in [1.54, 1.807) is 36.1 Å². The number of hydrogen-bond acceptors (Lipinski definition) is 19. The minimum Gasteiger partial charge on any atom is -0.377 e. The maximum atomic E-state index is 15.6. The summed E-state index contributed by atoms with van der Waals surface area (Å²) in [5, 5.41) is 33.2. The van der Waals surface area contributed by atoms with Gasteiger partial charge in [0, 0.05) is 81.0 Å². The molecule has 126 heavy (non-hydrogen) atoms. The van der Waals surface area contributed by atoms with E-state index in [1.807, 2.05) is 25.1 Å². The number of hydrogen-bond donors (Lipinski definition) is 19. The molecule has 0 aromatic heterocycles. The van der Waals surface area contributed by atoms with Gasteiger partial charge in [0.25, 0.3) is 11.8 Å². The van der Waals surface area contributed by atoms with Gasteiger partial charge in [-0.1, -0.05) is 141 Å². The molecule has 13 amide bonds. The topological polar surface area (TPSA) is 622 Å². The van der Waals surface area contributed by atoms with Crippen molar-refractivity contribution in [3.8, 4) is 0 Å². The van der Waals surface area contributed by atoms with Gasteiger partial charge in [-0.25, -0.2) is 0 Å². The molecule has 39 heteroatoms. The largest absolute Gasteiger partial charge is 0.377 e. The molecule has 6 fully saturated rings. The van der Waals surface area contributed by atoms with Gasteiger partial charge in [-0.3, -0.25) is 92.1 Å². The summed E-state index contributed by atoms with van der Waals surface area (Å²) in [4.78, 5) is 218. The van der Waals surface area contributed by atoms with E-state index in [9.17, 15) is 19.2 Å². The lowest BCUT2D eigenvalue weighted by Crippen LogP contribution is -2.63. The number of nitrogens with zero attached hydrogens (tertiary/aromatic N) is 7. The number of nitrogens with one attached hydrogen (secondary N) is 11. The number of rotatable bonds is 29. The first-order valence-electron chi connectivity index (χ1n) is 45.8. The van der Waals surface area contributed by atoms with E-state index in [2.05, 4.69) is 78.5 Å². The highest BCUT2D eigenvalue weighted by Gasteiger charge is 2.45. The molecular weight excluding hydrogens is 1620 g/mol. The number of aliphatic imine (C=N–C) groups is 4. The van der Waals surface area contributed by atoms with Crippen LogP contribution in [0.25, 0.3) is 10.8 Å². The smallest absolute Gasteiger partial charge is 0.261 e. The van der Waals surface area contributed by atoms with Crippen molar-refractivity contribution in [2.45, 2.75) is 292 Å². The van der Waals surface area contributed by atoms with Gasteiger partial charge in [0.05, 0.1) is 18.6 Å². The molecule has 2 saturated heterocycles. The third-order valence-electron chi connectivity index (χ3n) is 25.6. The Balaban J connectivity index is 1.11. The minimum atomic E-state index is -1.40. The molecule has 0 radical (unpaired) electrons. The molecule has 696 valence electrons. The van der Waals surface area contributed by atoms with E-state index in [1.165, 1.54) is 0 Å². The van der Waals surface area contributed by atoms with Gasteiger partial charge >= 0.3 is 0 Å². The molecule has 4 aliphatic carbocycles. The molecule has 39 nitrogen and oxygen atoms in total. The molecule has 0 spiro atoms. The Labute approximate surface area is 738 Å². The third kappa shape index (κ3) is 30.0. The van der Waals surface area contributed by atoms with Crippen LogP contribution in [0.1, 0.15) is 246 Å². The Morgan fingerprint density at radius 3 is 1.12 bits per heavy atom. The molecule has 0 bridgehead atoms. The lowest BCUT2D eigenvalue weighted by atomic mass is 9.84. The quantitative estimate of drug-likeness (QED) is 0.0222. The summed E-state index contributed by atoms with van der Waals surface area (Å²) in [5.74, 6) is -10.7. The van der Waals surface area contributed by atoms with E-state index >= 15 is 43.2 Å². The van der Waals surface area contributed by atoms with Gasteiger partial charge in [0.2, 0.25) is 65.0 Å². The normalized spacial score (nSPS) is 25.5. The zero-order valence-corrected chi connectivity index (χ0v) is 73.8. The van der Waals surface area contributed by atoms with Gasteiger partial charge in [-0.2, -0.15) is 0 Å². The number of nitrogens with two attached hydrogens (primary N) is 8. The molecule has 27 N–H and O–H groups in total. The Bertz CT molecular complexity index is 4170. The fraction of sp³-hybridized carbons (Fsp3) is 0.690. The van der Waals surface area contributed by atoms with Gasteiger partial charge in [-0.15, -0.1) is 0 Å². The highest BCUT2D eigenvalue weighted by molar-refractivity contribution is 6.27. The summed E-state index contributed by atoms with van der Waals surface area (Å²) < 4.78 is 0. The van der Waals surface area contributed by atoms with Crippen LogP contribution in [0, 0.1) is 23.7 Å². The van der Waals surface area contributed by atoms with Crippen molar-refractivity contribution in [2.75, 3.05) is 71.4 Å². The summed E-state index contributed by atoms with van der Waals surface area (Å²) in [7, 11) is 3.71. The molecule has 11 atom stereocenters. The van der Waals surface area contributed by atoms with Crippen LogP contribution in [0.2, 0.25) is 0 Å². The number of carbonyl (C=O) groups is 13. The van der Waals surface area contributed by atoms with Crippen molar-refractivity contribution in [1.82, 2.24) is 68.3 Å². The first-order valence-corrected chi connectivity index (χ1v) is 45.8. The van der Waals surface area contributed by atoms with Crippen LogP contribution in [-0.2, 0) is 52.7 Å². The van der Waals surface area contributed by atoms with Crippen LogP contribution in [0.15, 0.2) is 50.3 Å². The van der Waals surface area contributed by atoms with Crippen LogP contribution in [0.5, 0.6) is 0 Å². The van der Waals surface area contributed by atoms with E-state index in [4.69, 9.17) is 45.9 Å². The van der Waals surface area contributed by atoms with Crippen molar-refractivity contribution in [1.29, 1.82) is 0 Å². The van der Waals surface area contributed by atoms with Crippen molar-refractivity contribution in [3.63, 3.8) is 0 Å². The maximum Gasteiger partial charge on any atom is 0.261 e. The number of fused-ring (bicyclic) bond motifs is 1. The Hall–Kier alpha value is -11.2. The molecule has 7 aliphatic rings. The molecule has 2 aromatic rings. The second-order valence-electron chi connectivity index (χ2n) is 35.5. The molecule has 9 rings (SSSR count). The number of amides is 13. The number of imide groups is 1. The predicted octanol–water partition coefficient (Wildman–Crippen LogP) is 0.0599. The molecule has 2 aromatic carbocycles. The van der Waals surface area contributed by atoms with E-state index in [0.717, 1.165) is 126 Å². The van der Waals surface area contributed by atoms with E-state index in [0.29, 0.717) is 30.0 Å². The van der Waals surface area contributed by atoms with Gasteiger partial charge in [0.1, 0.15) is 54.4 Å². The lowest BCUT2D eigenvalue weighted by molar-refractivity contribution is -0.137. The molecule has 4 saturated carbocycles. The van der Waals surface area contributed by atoms with Crippen molar-refractivity contribution in [2.24, 2.45) is 89.5 Å². The van der Waals surface area contributed by atoms with Crippen LogP contribution in [0.4, 0.5) is 5.69 Å². The zero-order chi connectivity index (χ0) is 90.9. The summed E-state index contributed by atoms with van der Waals surface area (Å²) >= 11 is 0. The first-order chi connectivity index (χ1) is 60.4. The van der Waals surface area contributed by atoms with Crippen LogP contribution < -0.4 is 109 Å². The van der Waals surface area contributed by atoms with Gasteiger partial charge in [0.15, 0.2) is 23.8 Å². The second-order valence-corrected chi connectivity index (χ2v) is 35.5. The van der Waals surface area contributed by atoms with Crippen molar-refractivity contribution in [3.05, 3.63) is 41.5 Å². The third-order valence-corrected chi connectivity index (χ3v) is 25.6. The monoisotopic (exact) mass is 1760 g/mol. The first kappa shape index (κ1) is 98.6. The molecule has 0 unspecified atom stereocenters. The Kier molecular flexibility index (Phi) is 38.9. The molecule has 3 aliphatic heterocycles. The highest BCUT2D eigenvalue weighted by Crippen LogP contribution is 2.37. The number of carbonyl (C=O) groups excluding carboxylic acids is 13. The second kappa shape index (κ2) is 49.7.